The van der Waals surface area contributed by atoms with Gasteiger partial charge in [0.2, 0.25) is 0 Å². The van der Waals surface area contributed by atoms with Gasteiger partial charge in [-0.1, -0.05) is 48.0 Å². The van der Waals surface area contributed by atoms with E-state index >= 15 is 4.39 Å². The lowest BCUT2D eigenvalue weighted by atomic mass is 9.54. The Morgan fingerprint density at radius 3 is 2.15 bits per heavy atom. The van der Waals surface area contributed by atoms with Crippen LogP contribution in [0.2, 0.25) is 0 Å². The van der Waals surface area contributed by atoms with E-state index in [-0.39, 0.29) is 5.56 Å². The standard InChI is InChI=1S/C25H21FN2O5/c1-14-8-10-15(11-9-14)20-18(23(30)32-2)22(29)19(24(31)33-3)21(25(20,12-27)13-28)16-6-4-5-7-17(16)26/h4-11,19-21,29H,1-3H3/t19-,20-,21-/m0/s1. The molecule has 33 heavy (non-hydrogen) atoms. The zero-order valence-corrected chi connectivity index (χ0v) is 18.2. The van der Waals surface area contributed by atoms with Crippen LogP contribution in [-0.4, -0.2) is 31.3 Å². The minimum atomic E-state index is -2.17. The Morgan fingerprint density at radius 2 is 1.64 bits per heavy atom. The number of carbonyl (C=O) groups is 2. The molecule has 0 amide bonds. The molecule has 0 fully saturated rings. The van der Waals surface area contributed by atoms with E-state index in [0.29, 0.717) is 5.56 Å². The van der Waals surface area contributed by atoms with Crippen LogP contribution in [0, 0.1) is 46.7 Å². The monoisotopic (exact) mass is 448 g/mol. The molecule has 0 heterocycles. The first kappa shape index (κ1) is 23.5. The van der Waals surface area contributed by atoms with Crippen LogP contribution >= 0.6 is 0 Å². The van der Waals surface area contributed by atoms with Gasteiger partial charge in [-0.2, -0.15) is 10.5 Å². The number of ether oxygens (including phenoxy) is 2. The largest absolute Gasteiger partial charge is 0.511 e. The maximum Gasteiger partial charge on any atom is 0.337 e. The highest BCUT2D eigenvalue weighted by Crippen LogP contribution is 2.59. The Hall–Kier alpha value is -4.17. The number of aliphatic hydroxyl groups excluding tert-OH is 1. The van der Waals surface area contributed by atoms with Crippen molar-refractivity contribution >= 4 is 11.9 Å². The molecule has 3 rings (SSSR count). The summed E-state index contributed by atoms with van der Waals surface area (Å²) in [4.78, 5) is 25.7. The van der Waals surface area contributed by atoms with Crippen molar-refractivity contribution in [3.63, 3.8) is 0 Å². The van der Waals surface area contributed by atoms with Crippen molar-refractivity contribution < 1.29 is 28.6 Å². The lowest BCUT2D eigenvalue weighted by molar-refractivity contribution is -0.147. The molecule has 3 atom stereocenters. The van der Waals surface area contributed by atoms with E-state index in [4.69, 9.17) is 9.47 Å². The Balaban J connectivity index is 2.51. The predicted molar refractivity (Wildman–Crippen MR) is 114 cm³/mol. The third-order valence-electron chi connectivity index (χ3n) is 6.02. The van der Waals surface area contributed by atoms with E-state index < -0.39 is 52.3 Å². The number of hydrogen-bond acceptors (Lipinski definition) is 7. The smallest absolute Gasteiger partial charge is 0.337 e. The van der Waals surface area contributed by atoms with Gasteiger partial charge in [0.25, 0.3) is 0 Å². The van der Waals surface area contributed by atoms with Crippen LogP contribution in [-0.2, 0) is 19.1 Å². The molecule has 0 saturated heterocycles. The summed E-state index contributed by atoms with van der Waals surface area (Å²) in [6.07, 6.45) is 0. The minimum Gasteiger partial charge on any atom is -0.511 e. The summed E-state index contributed by atoms with van der Waals surface area (Å²) in [5.41, 5.74) is -1.51. The summed E-state index contributed by atoms with van der Waals surface area (Å²) in [5, 5.41) is 32.0. The highest BCUT2D eigenvalue weighted by molar-refractivity contribution is 5.94. The second-order valence-electron chi connectivity index (χ2n) is 7.73. The summed E-state index contributed by atoms with van der Waals surface area (Å²) in [5.74, 6) is -8.07. The number of halogens is 1. The fourth-order valence-electron chi connectivity index (χ4n) is 4.48. The molecule has 1 aliphatic carbocycles. The number of hydrogen-bond donors (Lipinski definition) is 1. The van der Waals surface area contributed by atoms with E-state index in [1.807, 2.05) is 19.1 Å². The van der Waals surface area contributed by atoms with Crippen molar-refractivity contribution in [2.24, 2.45) is 11.3 Å². The number of aryl methyl sites for hydroxylation is 1. The molecule has 0 bridgehead atoms. The maximum atomic E-state index is 15.0. The van der Waals surface area contributed by atoms with Gasteiger partial charge in [0.1, 0.15) is 17.5 Å². The molecule has 0 aromatic heterocycles. The average molecular weight is 448 g/mol. The molecule has 0 aliphatic heterocycles. The Labute approximate surface area is 190 Å². The number of carbonyl (C=O) groups excluding carboxylic acids is 2. The first-order valence-electron chi connectivity index (χ1n) is 10.00. The van der Waals surface area contributed by atoms with Gasteiger partial charge in [-0.05, 0) is 24.1 Å². The highest BCUT2D eigenvalue weighted by atomic mass is 19.1. The van der Waals surface area contributed by atoms with E-state index in [1.165, 1.54) is 18.2 Å². The third kappa shape index (κ3) is 3.70. The second kappa shape index (κ2) is 9.13. The van der Waals surface area contributed by atoms with Gasteiger partial charge >= 0.3 is 11.9 Å². The second-order valence-corrected chi connectivity index (χ2v) is 7.73. The van der Waals surface area contributed by atoms with Crippen molar-refractivity contribution in [1.29, 1.82) is 10.5 Å². The number of esters is 2. The number of aliphatic hydroxyl groups is 1. The van der Waals surface area contributed by atoms with Crippen LogP contribution in [0.3, 0.4) is 0 Å². The van der Waals surface area contributed by atoms with Crippen molar-refractivity contribution in [2.75, 3.05) is 14.2 Å². The number of nitrogens with zero attached hydrogens (tertiary/aromatic N) is 2. The first-order valence-corrected chi connectivity index (χ1v) is 10.00. The molecular formula is C25H21FN2O5. The van der Waals surface area contributed by atoms with Crippen molar-refractivity contribution in [3.05, 3.63) is 82.4 Å². The normalized spacial score (nSPS) is 21.5. The molecule has 168 valence electrons. The molecule has 8 heteroatoms. The summed E-state index contributed by atoms with van der Waals surface area (Å²) in [6, 6.07) is 15.9. The lowest BCUT2D eigenvalue weighted by Crippen LogP contribution is -2.47. The number of nitriles is 2. The highest BCUT2D eigenvalue weighted by Gasteiger charge is 2.62. The molecule has 1 N–H and O–H groups in total. The fraction of sp³-hybridized carbons (Fsp3) is 0.280. The van der Waals surface area contributed by atoms with Gasteiger partial charge < -0.3 is 14.6 Å². The lowest BCUT2D eigenvalue weighted by Gasteiger charge is -2.44. The van der Waals surface area contributed by atoms with Crippen molar-refractivity contribution in [1.82, 2.24) is 0 Å². The number of methoxy groups -OCH3 is 2. The molecule has 7 nitrogen and oxygen atoms in total. The third-order valence-corrected chi connectivity index (χ3v) is 6.02. The van der Waals surface area contributed by atoms with Crippen LogP contribution in [0.4, 0.5) is 4.39 Å². The molecule has 0 radical (unpaired) electrons. The summed E-state index contributed by atoms with van der Waals surface area (Å²) in [7, 11) is 2.13. The van der Waals surface area contributed by atoms with Gasteiger partial charge in [-0.25, -0.2) is 9.18 Å². The molecule has 1 aliphatic rings. The van der Waals surface area contributed by atoms with E-state index in [9.17, 15) is 25.2 Å². The van der Waals surface area contributed by atoms with E-state index in [1.54, 1.807) is 24.3 Å². The van der Waals surface area contributed by atoms with Crippen LogP contribution in [0.1, 0.15) is 28.5 Å². The van der Waals surface area contributed by atoms with Gasteiger partial charge in [0.05, 0.1) is 37.8 Å². The molecule has 0 spiro atoms. The quantitative estimate of drug-likeness (QED) is 0.706. The number of benzene rings is 2. The fourth-order valence-corrected chi connectivity index (χ4v) is 4.48. The molecule has 2 aromatic rings. The Bertz CT molecular complexity index is 1190. The van der Waals surface area contributed by atoms with E-state index in [0.717, 1.165) is 25.8 Å². The van der Waals surface area contributed by atoms with Crippen LogP contribution in [0.5, 0.6) is 0 Å². The zero-order chi connectivity index (χ0) is 24.3. The Morgan fingerprint density at radius 1 is 1.03 bits per heavy atom. The van der Waals surface area contributed by atoms with Gasteiger partial charge in [0, 0.05) is 5.92 Å². The SMILES string of the molecule is COC(=O)C1=C(O)[C@@H](C(=O)OC)[C@H](c2ccccc2F)C(C#N)(C#N)[C@H]1c1ccc(C)cc1. The van der Waals surface area contributed by atoms with Gasteiger partial charge in [0.15, 0.2) is 5.41 Å². The molecule has 2 aromatic carbocycles. The maximum absolute atomic E-state index is 15.0. The van der Waals surface area contributed by atoms with Crippen LogP contribution < -0.4 is 0 Å². The summed E-state index contributed by atoms with van der Waals surface area (Å²) < 4.78 is 24.7. The summed E-state index contributed by atoms with van der Waals surface area (Å²) in [6.45, 7) is 1.83. The average Bonchev–Trinajstić information content (AvgIpc) is 2.83. The Kier molecular flexibility index (Phi) is 6.50. The van der Waals surface area contributed by atoms with Gasteiger partial charge in [-0.3, -0.25) is 4.79 Å². The first-order chi connectivity index (χ1) is 15.8. The predicted octanol–water partition coefficient (Wildman–Crippen LogP) is 3.82. The zero-order valence-electron chi connectivity index (χ0n) is 18.2. The molecular weight excluding hydrogens is 427 g/mol. The molecule has 0 unspecified atom stereocenters. The van der Waals surface area contributed by atoms with E-state index in [2.05, 4.69) is 0 Å². The van der Waals surface area contributed by atoms with Gasteiger partial charge in [-0.15, -0.1) is 0 Å². The van der Waals surface area contributed by atoms with Crippen molar-refractivity contribution in [3.8, 4) is 12.1 Å². The van der Waals surface area contributed by atoms with Crippen molar-refractivity contribution in [2.45, 2.75) is 18.8 Å². The molecule has 0 saturated carbocycles. The van der Waals surface area contributed by atoms with Crippen LogP contribution in [0.15, 0.2) is 59.9 Å². The topological polar surface area (TPSA) is 120 Å². The summed E-state index contributed by atoms with van der Waals surface area (Å²) >= 11 is 0. The van der Waals surface area contributed by atoms with Crippen LogP contribution in [0.25, 0.3) is 0 Å². The number of rotatable bonds is 4. The minimum absolute atomic E-state index is 0.136.